The first-order valence-electron chi connectivity index (χ1n) is 11.5. The molecule has 2 N–H and O–H groups in total. The molecule has 0 bridgehead atoms. The summed E-state index contributed by atoms with van der Waals surface area (Å²) in [4.78, 5) is 27.4. The summed E-state index contributed by atoms with van der Waals surface area (Å²) in [6.45, 7) is 7.82. The van der Waals surface area contributed by atoms with Gasteiger partial charge in [0.1, 0.15) is 5.75 Å². The van der Waals surface area contributed by atoms with Gasteiger partial charge in [-0.05, 0) is 55.0 Å². The highest BCUT2D eigenvalue weighted by molar-refractivity contribution is 7.92. The number of para-hydroxylation sites is 1. The highest BCUT2D eigenvalue weighted by Gasteiger charge is 2.26. The first-order valence-corrected chi connectivity index (χ1v) is 13.0. The van der Waals surface area contributed by atoms with E-state index in [-0.39, 0.29) is 39.4 Å². The molecule has 9 heteroatoms. The van der Waals surface area contributed by atoms with Gasteiger partial charge in [-0.3, -0.25) is 14.3 Å². The van der Waals surface area contributed by atoms with Gasteiger partial charge < -0.3 is 15.0 Å². The molecule has 0 unspecified atom stereocenters. The Hall–Kier alpha value is -3.07. The fourth-order valence-electron chi connectivity index (χ4n) is 3.77. The predicted octanol–water partition coefficient (Wildman–Crippen LogP) is 3.75. The molecule has 2 aromatic rings. The van der Waals surface area contributed by atoms with Crippen molar-refractivity contribution >= 4 is 27.5 Å². The van der Waals surface area contributed by atoms with E-state index in [0.717, 1.165) is 12.8 Å². The molecular weight excluding hydrogens is 454 g/mol. The van der Waals surface area contributed by atoms with Gasteiger partial charge in [-0.1, -0.05) is 32.9 Å². The number of anilines is 1. The second-order valence-corrected chi connectivity index (χ2v) is 10.8. The summed E-state index contributed by atoms with van der Waals surface area (Å²) in [5, 5.41) is 2.80. The number of methoxy groups -OCH3 is 1. The van der Waals surface area contributed by atoms with Crippen LogP contribution in [0, 0.1) is 11.8 Å². The normalized spacial score (nSPS) is 14.7. The molecule has 1 aliphatic rings. The lowest BCUT2D eigenvalue weighted by Crippen LogP contribution is -2.38. The van der Waals surface area contributed by atoms with Gasteiger partial charge in [0.25, 0.3) is 21.8 Å². The Kier molecular flexibility index (Phi) is 8.19. The monoisotopic (exact) mass is 487 g/mol. The molecule has 1 heterocycles. The molecule has 0 spiro atoms. The van der Waals surface area contributed by atoms with E-state index in [1.807, 2.05) is 13.8 Å². The van der Waals surface area contributed by atoms with Crippen molar-refractivity contribution in [1.82, 2.24) is 10.2 Å². The summed E-state index contributed by atoms with van der Waals surface area (Å²) in [6, 6.07) is 10.6. The van der Waals surface area contributed by atoms with Crippen molar-refractivity contribution in [3.63, 3.8) is 0 Å². The van der Waals surface area contributed by atoms with Crippen molar-refractivity contribution in [2.75, 3.05) is 31.5 Å². The molecule has 0 atom stereocenters. The summed E-state index contributed by atoms with van der Waals surface area (Å²) >= 11 is 0. The second kappa shape index (κ2) is 10.9. The van der Waals surface area contributed by atoms with E-state index < -0.39 is 10.0 Å². The molecule has 1 aliphatic heterocycles. The smallest absolute Gasteiger partial charge is 0.261 e. The van der Waals surface area contributed by atoms with Gasteiger partial charge in [0.2, 0.25) is 0 Å². The van der Waals surface area contributed by atoms with E-state index in [2.05, 4.69) is 17.0 Å². The minimum absolute atomic E-state index is 0.0839. The Morgan fingerprint density at radius 1 is 1.09 bits per heavy atom. The predicted molar refractivity (Wildman–Crippen MR) is 132 cm³/mol. The summed E-state index contributed by atoms with van der Waals surface area (Å²) in [5.74, 6) is 0.507. The zero-order chi connectivity index (χ0) is 24.9. The number of hydrogen-bond acceptors (Lipinski definition) is 5. The molecule has 8 nitrogen and oxygen atoms in total. The average Bonchev–Trinajstić information content (AvgIpc) is 2.82. The molecule has 0 aliphatic carbocycles. The molecule has 3 rings (SSSR count). The van der Waals surface area contributed by atoms with Crippen LogP contribution < -0.4 is 14.8 Å². The van der Waals surface area contributed by atoms with Crippen molar-refractivity contribution in [2.24, 2.45) is 11.8 Å². The van der Waals surface area contributed by atoms with E-state index >= 15 is 0 Å². The fourth-order valence-corrected chi connectivity index (χ4v) is 4.87. The molecule has 0 radical (unpaired) electrons. The number of nitrogens with zero attached hydrogens (tertiary/aromatic N) is 1. The fraction of sp³-hybridized carbons (Fsp3) is 0.440. The number of piperidine rings is 1. The van der Waals surface area contributed by atoms with Gasteiger partial charge in [0.05, 0.1) is 28.8 Å². The van der Waals surface area contributed by atoms with Gasteiger partial charge in [-0.15, -0.1) is 0 Å². The molecule has 0 saturated carbocycles. The zero-order valence-corrected chi connectivity index (χ0v) is 20.9. The summed E-state index contributed by atoms with van der Waals surface area (Å²) in [7, 11) is -2.63. The minimum atomic E-state index is -4.08. The number of rotatable bonds is 8. The maximum absolute atomic E-state index is 13.2. The van der Waals surface area contributed by atoms with Gasteiger partial charge >= 0.3 is 0 Å². The third kappa shape index (κ3) is 6.08. The van der Waals surface area contributed by atoms with Crippen molar-refractivity contribution in [1.29, 1.82) is 0 Å². The Bertz CT molecular complexity index is 1140. The number of carbonyl (C=O) groups is 2. The highest BCUT2D eigenvalue weighted by atomic mass is 32.2. The van der Waals surface area contributed by atoms with Gasteiger partial charge in [-0.25, -0.2) is 8.42 Å². The van der Waals surface area contributed by atoms with Crippen LogP contribution >= 0.6 is 0 Å². The molecule has 1 saturated heterocycles. The van der Waals surface area contributed by atoms with Crippen molar-refractivity contribution in [2.45, 2.75) is 38.5 Å². The maximum Gasteiger partial charge on any atom is 0.261 e. The Morgan fingerprint density at radius 3 is 2.41 bits per heavy atom. The lowest BCUT2D eigenvalue weighted by atomic mass is 9.98. The van der Waals surface area contributed by atoms with Crippen LogP contribution in [0.25, 0.3) is 0 Å². The van der Waals surface area contributed by atoms with Crippen molar-refractivity contribution < 1.29 is 22.7 Å². The Labute approximate surface area is 201 Å². The first kappa shape index (κ1) is 25.6. The quantitative estimate of drug-likeness (QED) is 0.590. The van der Waals surface area contributed by atoms with E-state index in [0.29, 0.717) is 31.3 Å². The number of sulfonamides is 1. The molecule has 1 fully saturated rings. The van der Waals surface area contributed by atoms with Gasteiger partial charge in [0.15, 0.2) is 0 Å². The molecule has 184 valence electrons. The summed E-state index contributed by atoms with van der Waals surface area (Å²) in [6.07, 6.45) is 1.81. The molecular formula is C25H33N3O5S. The van der Waals surface area contributed by atoms with Crippen LogP contribution in [0.3, 0.4) is 0 Å². The first-order chi connectivity index (χ1) is 16.1. The molecule has 0 aromatic heterocycles. The van der Waals surface area contributed by atoms with Crippen LogP contribution in [0.4, 0.5) is 5.69 Å². The number of amides is 2. The average molecular weight is 488 g/mol. The zero-order valence-electron chi connectivity index (χ0n) is 20.1. The van der Waals surface area contributed by atoms with Crippen LogP contribution in [0.15, 0.2) is 47.4 Å². The molecule has 2 aromatic carbocycles. The van der Waals surface area contributed by atoms with Crippen LogP contribution in [-0.4, -0.2) is 51.9 Å². The lowest BCUT2D eigenvalue weighted by Gasteiger charge is -2.30. The largest absolute Gasteiger partial charge is 0.496 e. The van der Waals surface area contributed by atoms with E-state index in [1.165, 1.54) is 31.4 Å². The summed E-state index contributed by atoms with van der Waals surface area (Å²) in [5.41, 5.74) is 0.583. The molecule has 2 amide bonds. The number of carbonyl (C=O) groups excluding carboxylic acids is 2. The third-order valence-corrected chi connectivity index (χ3v) is 7.23. The SMILES string of the molecule is COc1ccc(S(=O)(=O)Nc2ccccc2C(=O)NCC(C)C)cc1C(=O)N1CCC(C)CC1. The number of nitrogens with one attached hydrogen (secondary N) is 2. The molecule has 34 heavy (non-hydrogen) atoms. The van der Waals surface area contributed by atoms with Crippen molar-refractivity contribution in [3.05, 3.63) is 53.6 Å². The number of ether oxygens (including phenoxy) is 1. The van der Waals surface area contributed by atoms with Crippen LogP contribution in [-0.2, 0) is 10.0 Å². The van der Waals surface area contributed by atoms with Crippen molar-refractivity contribution in [3.8, 4) is 5.75 Å². The van der Waals surface area contributed by atoms with E-state index in [1.54, 1.807) is 23.1 Å². The third-order valence-electron chi connectivity index (χ3n) is 5.87. The van der Waals surface area contributed by atoms with Crippen LogP contribution in [0.2, 0.25) is 0 Å². The minimum Gasteiger partial charge on any atom is -0.496 e. The number of hydrogen-bond donors (Lipinski definition) is 2. The second-order valence-electron chi connectivity index (χ2n) is 9.09. The van der Waals surface area contributed by atoms with Crippen LogP contribution in [0.1, 0.15) is 54.3 Å². The Morgan fingerprint density at radius 2 is 1.76 bits per heavy atom. The van der Waals surface area contributed by atoms with E-state index in [4.69, 9.17) is 4.74 Å². The number of benzene rings is 2. The standard InChI is InChI=1S/C25H33N3O5S/c1-17(2)16-26-24(29)20-7-5-6-8-22(20)27-34(31,32)19-9-10-23(33-4)21(15-19)25(30)28-13-11-18(3)12-14-28/h5-10,15,17-18,27H,11-14,16H2,1-4H3,(H,26,29). The van der Waals surface area contributed by atoms with Gasteiger partial charge in [-0.2, -0.15) is 0 Å². The Balaban J connectivity index is 1.88. The van der Waals surface area contributed by atoms with Gasteiger partial charge in [0, 0.05) is 19.6 Å². The number of likely N-dealkylation sites (tertiary alicyclic amines) is 1. The lowest BCUT2D eigenvalue weighted by molar-refractivity contribution is 0.0693. The highest BCUT2D eigenvalue weighted by Crippen LogP contribution is 2.28. The summed E-state index contributed by atoms with van der Waals surface area (Å²) < 4.78 is 34.3. The maximum atomic E-state index is 13.2. The van der Waals surface area contributed by atoms with Crippen LogP contribution in [0.5, 0.6) is 5.75 Å². The topological polar surface area (TPSA) is 105 Å². The van der Waals surface area contributed by atoms with E-state index in [9.17, 15) is 18.0 Å².